The van der Waals surface area contributed by atoms with E-state index in [9.17, 15) is 4.79 Å². The number of benzene rings is 1. The maximum Gasteiger partial charge on any atom is 0.315 e. The highest BCUT2D eigenvalue weighted by Crippen LogP contribution is 2.17. The molecule has 0 aliphatic carbocycles. The van der Waals surface area contributed by atoms with Crippen LogP contribution in [-0.2, 0) is 0 Å². The van der Waals surface area contributed by atoms with Gasteiger partial charge in [0.05, 0.1) is 6.04 Å². The highest BCUT2D eigenvalue weighted by molar-refractivity contribution is 5.74. The minimum absolute atomic E-state index is 0.0159. The fraction of sp³-hybridized carbons (Fsp3) is 0.588. The van der Waals surface area contributed by atoms with Gasteiger partial charge in [-0.05, 0) is 39.4 Å². The molecule has 0 aliphatic rings. The van der Waals surface area contributed by atoms with E-state index in [1.54, 1.807) is 0 Å². The Morgan fingerprint density at radius 1 is 1.27 bits per heavy atom. The van der Waals surface area contributed by atoms with Crippen LogP contribution in [0.3, 0.4) is 0 Å². The molecule has 2 amide bonds. The fourth-order valence-corrected chi connectivity index (χ4v) is 2.35. The molecule has 5 heteroatoms. The Labute approximate surface area is 133 Å². The fourth-order valence-electron chi connectivity index (χ4n) is 2.35. The monoisotopic (exact) mass is 307 g/mol. The van der Waals surface area contributed by atoms with Crippen LogP contribution in [0.5, 0.6) is 0 Å². The molecule has 22 heavy (non-hydrogen) atoms. The van der Waals surface area contributed by atoms with Crippen molar-refractivity contribution in [3.05, 3.63) is 35.4 Å². The molecule has 0 radical (unpaired) electrons. The number of hydrogen-bond donors (Lipinski definition) is 3. The van der Waals surface area contributed by atoms with Crippen molar-refractivity contribution in [1.82, 2.24) is 15.5 Å². The van der Waals surface area contributed by atoms with E-state index in [4.69, 9.17) is 5.11 Å². The number of likely N-dealkylation sites (N-methyl/N-ethyl adjacent to an activating group) is 1. The first-order valence-electron chi connectivity index (χ1n) is 7.86. The van der Waals surface area contributed by atoms with Crippen LogP contribution in [0, 0.1) is 6.92 Å². The van der Waals surface area contributed by atoms with Gasteiger partial charge in [-0.2, -0.15) is 0 Å². The van der Waals surface area contributed by atoms with E-state index in [0.717, 1.165) is 6.42 Å². The number of hydrogen-bond acceptors (Lipinski definition) is 3. The number of urea groups is 1. The SMILES string of the molecule is CCC(CCO)NC(=O)NCC(c1ccc(C)cc1)N(C)C. The first-order chi connectivity index (χ1) is 10.5. The van der Waals surface area contributed by atoms with Crippen molar-refractivity contribution in [2.24, 2.45) is 0 Å². The summed E-state index contributed by atoms with van der Waals surface area (Å²) in [6, 6.07) is 8.33. The van der Waals surface area contributed by atoms with E-state index < -0.39 is 0 Å². The molecule has 0 saturated carbocycles. The van der Waals surface area contributed by atoms with Gasteiger partial charge in [0.2, 0.25) is 0 Å². The Bertz CT molecular complexity index is 446. The molecule has 0 saturated heterocycles. The Morgan fingerprint density at radius 2 is 1.91 bits per heavy atom. The van der Waals surface area contributed by atoms with Crippen molar-refractivity contribution < 1.29 is 9.90 Å². The summed E-state index contributed by atoms with van der Waals surface area (Å²) in [5.74, 6) is 0. The van der Waals surface area contributed by atoms with Crippen molar-refractivity contribution in [2.75, 3.05) is 27.2 Å². The van der Waals surface area contributed by atoms with Crippen molar-refractivity contribution >= 4 is 6.03 Å². The first kappa shape index (κ1) is 18.5. The number of aliphatic hydroxyl groups is 1. The average molecular weight is 307 g/mol. The van der Waals surface area contributed by atoms with Gasteiger partial charge in [-0.25, -0.2) is 4.79 Å². The summed E-state index contributed by atoms with van der Waals surface area (Å²) in [6.45, 7) is 4.68. The minimum Gasteiger partial charge on any atom is -0.396 e. The summed E-state index contributed by atoms with van der Waals surface area (Å²) < 4.78 is 0. The molecule has 124 valence electrons. The van der Waals surface area contributed by atoms with Gasteiger partial charge in [-0.1, -0.05) is 36.8 Å². The van der Waals surface area contributed by atoms with Gasteiger partial charge in [0.25, 0.3) is 0 Å². The third-order valence-electron chi connectivity index (χ3n) is 3.85. The Balaban J connectivity index is 2.57. The third kappa shape index (κ3) is 6.03. The molecule has 5 nitrogen and oxygen atoms in total. The third-order valence-corrected chi connectivity index (χ3v) is 3.85. The van der Waals surface area contributed by atoms with Crippen LogP contribution < -0.4 is 10.6 Å². The van der Waals surface area contributed by atoms with Crippen molar-refractivity contribution in [3.8, 4) is 0 Å². The molecule has 0 bridgehead atoms. The molecule has 1 rings (SSSR count). The van der Waals surface area contributed by atoms with Gasteiger partial charge in [-0.3, -0.25) is 0 Å². The second-order valence-corrected chi connectivity index (χ2v) is 5.86. The summed E-state index contributed by atoms with van der Waals surface area (Å²) >= 11 is 0. The number of amides is 2. The number of aliphatic hydroxyl groups excluding tert-OH is 1. The van der Waals surface area contributed by atoms with Crippen LogP contribution in [0.2, 0.25) is 0 Å². The molecule has 1 aromatic carbocycles. The first-order valence-corrected chi connectivity index (χ1v) is 7.86. The molecular formula is C17H29N3O2. The number of carbonyl (C=O) groups is 1. The zero-order chi connectivity index (χ0) is 16.5. The summed E-state index contributed by atoms with van der Waals surface area (Å²) in [5, 5.41) is 14.8. The number of carbonyl (C=O) groups excluding carboxylic acids is 1. The highest BCUT2D eigenvalue weighted by atomic mass is 16.3. The van der Waals surface area contributed by atoms with Crippen molar-refractivity contribution in [1.29, 1.82) is 0 Å². The van der Waals surface area contributed by atoms with E-state index in [1.165, 1.54) is 11.1 Å². The van der Waals surface area contributed by atoms with Gasteiger partial charge < -0.3 is 20.6 Å². The van der Waals surface area contributed by atoms with Crippen LogP contribution in [0.4, 0.5) is 4.79 Å². The van der Waals surface area contributed by atoms with E-state index in [1.807, 2.05) is 21.0 Å². The Kier molecular flexibility index (Phi) is 7.91. The van der Waals surface area contributed by atoms with E-state index in [-0.39, 0.29) is 24.7 Å². The van der Waals surface area contributed by atoms with E-state index in [0.29, 0.717) is 13.0 Å². The normalized spacial score (nSPS) is 13.7. The molecule has 0 aliphatic heterocycles. The number of nitrogens with one attached hydrogen (secondary N) is 2. The molecule has 0 fully saturated rings. The van der Waals surface area contributed by atoms with Gasteiger partial charge in [0.1, 0.15) is 0 Å². The summed E-state index contributed by atoms with van der Waals surface area (Å²) in [5.41, 5.74) is 2.40. The van der Waals surface area contributed by atoms with Gasteiger partial charge in [-0.15, -0.1) is 0 Å². The summed E-state index contributed by atoms with van der Waals surface area (Å²) in [6.07, 6.45) is 1.39. The Morgan fingerprint density at radius 3 is 2.41 bits per heavy atom. The second-order valence-electron chi connectivity index (χ2n) is 5.86. The lowest BCUT2D eigenvalue weighted by molar-refractivity contribution is 0.222. The molecule has 2 unspecified atom stereocenters. The van der Waals surface area contributed by atoms with E-state index in [2.05, 4.69) is 46.7 Å². The van der Waals surface area contributed by atoms with Crippen LogP contribution in [0.1, 0.15) is 36.9 Å². The van der Waals surface area contributed by atoms with Gasteiger partial charge in [0.15, 0.2) is 0 Å². The average Bonchev–Trinajstić information content (AvgIpc) is 2.48. The van der Waals surface area contributed by atoms with E-state index >= 15 is 0 Å². The van der Waals surface area contributed by atoms with Crippen molar-refractivity contribution in [3.63, 3.8) is 0 Å². The second kappa shape index (κ2) is 9.43. The minimum atomic E-state index is -0.181. The zero-order valence-electron chi connectivity index (χ0n) is 14.1. The topological polar surface area (TPSA) is 64.6 Å². The molecule has 3 N–H and O–H groups in total. The van der Waals surface area contributed by atoms with Crippen molar-refractivity contribution in [2.45, 2.75) is 38.8 Å². The maximum absolute atomic E-state index is 12.0. The predicted octanol–water partition coefficient (Wildman–Crippen LogP) is 2.06. The molecule has 2 atom stereocenters. The van der Waals surface area contributed by atoms with Crippen LogP contribution in [0.25, 0.3) is 0 Å². The van der Waals surface area contributed by atoms with Gasteiger partial charge >= 0.3 is 6.03 Å². The van der Waals surface area contributed by atoms with Crippen LogP contribution >= 0.6 is 0 Å². The standard InChI is InChI=1S/C17H29N3O2/c1-5-15(10-11-21)19-17(22)18-12-16(20(3)4)14-8-6-13(2)7-9-14/h6-9,15-16,21H,5,10-12H2,1-4H3,(H2,18,19,22). The summed E-state index contributed by atoms with van der Waals surface area (Å²) in [7, 11) is 4.01. The number of nitrogens with zero attached hydrogens (tertiary/aromatic N) is 1. The molecule has 0 aromatic heterocycles. The predicted molar refractivity (Wildman–Crippen MR) is 89.9 cm³/mol. The maximum atomic E-state index is 12.0. The molecule has 1 aromatic rings. The van der Waals surface area contributed by atoms with Gasteiger partial charge in [0, 0.05) is 19.2 Å². The largest absolute Gasteiger partial charge is 0.396 e. The lowest BCUT2D eigenvalue weighted by atomic mass is 10.0. The summed E-state index contributed by atoms with van der Waals surface area (Å²) in [4.78, 5) is 14.1. The quantitative estimate of drug-likeness (QED) is 0.689. The highest BCUT2D eigenvalue weighted by Gasteiger charge is 2.16. The zero-order valence-corrected chi connectivity index (χ0v) is 14.1. The lowest BCUT2D eigenvalue weighted by Gasteiger charge is -2.26. The smallest absolute Gasteiger partial charge is 0.315 e. The molecule has 0 spiro atoms. The number of rotatable bonds is 8. The van der Waals surface area contributed by atoms with Crippen LogP contribution in [-0.4, -0.2) is 49.3 Å². The Hall–Kier alpha value is -1.59. The molecular weight excluding hydrogens is 278 g/mol. The number of aryl methyl sites for hydroxylation is 1. The van der Waals surface area contributed by atoms with Crippen LogP contribution in [0.15, 0.2) is 24.3 Å². The lowest BCUT2D eigenvalue weighted by Crippen LogP contribution is -2.44. The molecule has 0 heterocycles.